The molecule has 0 fully saturated rings. The summed E-state index contributed by atoms with van der Waals surface area (Å²) in [5.41, 5.74) is 8.98. The van der Waals surface area contributed by atoms with E-state index in [1.807, 2.05) is 6.08 Å². The number of hydrogen-bond acceptors (Lipinski definition) is 2. The molecule has 0 aromatic heterocycles. The van der Waals surface area contributed by atoms with Crippen molar-refractivity contribution in [2.75, 3.05) is 4.90 Å². The average molecular weight is 418 g/mol. The number of fused-ring (bicyclic) bond motifs is 3. The van der Waals surface area contributed by atoms with Gasteiger partial charge in [-0.05, 0) is 53.5 Å². The molecule has 158 valence electrons. The Morgan fingerprint density at radius 3 is 2.12 bits per heavy atom. The molecule has 3 aromatic rings. The highest BCUT2D eigenvalue weighted by atomic mass is 16.5. The predicted octanol–water partition coefficient (Wildman–Crippen LogP) is 8.22. The molecule has 5 rings (SSSR count). The third kappa shape index (κ3) is 2.87. The summed E-state index contributed by atoms with van der Waals surface area (Å²) in [6.45, 7) is 16.7. The lowest BCUT2D eigenvalue weighted by molar-refractivity contribution is 0.433. The molecule has 0 bridgehead atoms. The number of para-hydroxylation sites is 2. The zero-order valence-electron chi connectivity index (χ0n) is 18.7. The summed E-state index contributed by atoms with van der Waals surface area (Å²) < 4.78 is 6.29. The number of ether oxygens (including phenoxy) is 1. The van der Waals surface area contributed by atoms with E-state index in [0.29, 0.717) is 6.42 Å². The van der Waals surface area contributed by atoms with Crippen molar-refractivity contribution in [3.05, 3.63) is 127 Å². The molecule has 3 aromatic carbocycles. The van der Waals surface area contributed by atoms with E-state index in [9.17, 15) is 0 Å². The average Bonchev–Trinajstić information content (AvgIpc) is 2.81. The van der Waals surface area contributed by atoms with Crippen molar-refractivity contribution in [2.45, 2.75) is 25.7 Å². The first-order chi connectivity index (χ1) is 15.5. The molecule has 2 heterocycles. The van der Waals surface area contributed by atoms with Crippen molar-refractivity contribution in [3.8, 4) is 5.75 Å². The number of anilines is 3. The number of allylic oxidation sites excluding steroid dienone is 4. The van der Waals surface area contributed by atoms with E-state index in [-0.39, 0.29) is 5.41 Å². The largest absolute Gasteiger partial charge is 0.456 e. The molecule has 0 amide bonds. The number of benzene rings is 3. The third-order valence-electron chi connectivity index (χ3n) is 6.60. The minimum absolute atomic E-state index is 0.0823. The molecular formula is C30H27NO. The molecule has 0 saturated heterocycles. The lowest BCUT2D eigenvalue weighted by atomic mass is 9.73. The van der Waals surface area contributed by atoms with Gasteiger partial charge >= 0.3 is 0 Å². The van der Waals surface area contributed by atoms with E-state index in [1.54, 1.807) is 6.08 Å². The van der Waals surface area contributed by atoms with Crippen LogP contribution in [0.5, 0.6) is 5.75 Å². The Morgan fingerprint density at radius 2 is 1.53 bits per heavy atom. The van der Waals surface area contributed by atoms with E-state index < -0.39 is 0 Å². The monoisotopic (exact) mass is 417 g/mol. The molecule has 32 heavy (non-hydrogen) atoms. The van der Waals surface area contributed by atoms with Crippen LogP contribution in [0.15, 0.2) is 110 Å². The Hall–Kier alpha value is -3.78. The van der Waals surface area contributed by atoms with Crippen LogP contribution >= 0.6 is 0 Å². The second kappa shape index (κ2) is 7.42. The fourth-order valence-corrected chi connectivity index (χ4v) is 4.96. The van der Waals surface area contributed by atoms with Crippen LogP contribution in [0.2, 0.25) is 0 Å². The van der Waals surface area contributed by atoms with Gasteiger partial charge in [0.25, 0.3) is 0 Å². The smallest absolute Gasteiger partial charge is 0.137 e. The minimum atomic E-state index is -0.0823. The summed E-state index contributed by atoms with van der Waals surface area (Å²) in [5.74, 6) is 1.55. The summed E-state index contributed by atoms with van der Waals surface area (Å²) in [6, 6.07) is 23.7. The Labute approximate surface area is 190 Å². The maximum Gasteiger partial charge on any atom is 0.137 e. The van der Waals surface area contributed by atoms with Gasteiger partial charge in [-0.1, -0.05) is 69.5 Å². The van der Waals surface area contributed by atoms with Crippen LogP contribution in [0.1, 0.15) is 37.0 Å². The van der Waals surface area contributed by atoms with Crippen molar-refractivity contribution >= 4 is 22.6 Å². The van der Waals surface area contributed by atoms with Gasteiger partial charge in [0.1, 0.15) is 11.5 Å². The van der Waals surface area contributed by atoms with Crippen LogP contribution in [0, 0.1) is 0 Å². The summed E-state index contributed by atoms with van der Waals surface area (Å²) in [7, 11) is 0. The van der Waals surface area contributed by atoms with Crippen LogP contribution < -0.4 is 9.64 Å². The summed E-state index contributed by atoms with van der Waals surface area (Å²) >= 11 is 0. The molecule has 0 radical (unpaired) electrons. The van der Waals surface area contributed by atoms with Crippen LogP contribution in [0.4, 0.5) is 17.1 Å². The lowest BCUT2D eigenvalue weighted by Gasteiger charge is -2.42. The highest BCUT2D eigenvalue weighted by molar-refractivity contribution is 5.89. The number of rotatable bonds is 4. The van der Waals surface area contributed by atoms with Crippen molar-refractivity contribution in [2.24, 2.45) is 0 Å². The lowest BCUT2D eigenvalue weighted by Crippen LogP contribution is -2.30. The first-order valence-corrected chi connectivity index (χ1v) is 10.9. The van der Waals surface area contributed by atoms with Crippen molar-refractivity contribution in [3.63, 3.8) is 0 Å². The summed E-state index contributed by atoms with van der Waals surface area (Å²) in [4.78, 5) is 2.33. The second-order valence-electron chi connectivity index (χ2n) is 8.80. The second-order valence-corrected chi connectivity index (χ2v) is 8.80. The van der Waals surface area contributed by atoms with Crippen molar-refractivity contribution in [1.29, 1.82) is 0 Å². The zero-order valence-corrected chi connectivity index (χ0v) is 18.7. The summed E-state index contributed by atoms with van der Waals surface area (Å²) in [5, 5.41) is 0. The zero-order chi connectivity index (χ0) is 22.5. The molecule has 2 heteroatoms. The van der Waals surface area contributed by atoms with E-state index in [0.717, 1.165) is 33.9 Å². The standard InChI is InChI=1S/C30H27NO/c1-6-12-22-20(3)23-18-17-21(19-29(23)32-28(22)7-2)31-26-15-10-8-13-24(26)30(4,5)25-14-9-11-16-27(25)31/h6-11,13-19H,1-3,12H2,4-5H3. The van der Waals surface area contributed by atoms with Gasteiger partial charge in [0.05, 0.1) is 11.4 Å². The normalized spacial score (nSPS) is 15.9. The third-order valence-corrected chi connectivity index (χ3v) is 6.60. The van der Waals surface area contributed by atoms with Gasteiger partial charge in [-0.15, -0.1) is 6.58 Å². The highest BCUT2D eigenvalue weighted by Crippen LogP contribution is 2.52. The van der Waals surface area contributed by atoms with Gasteiger partial charge in [-0.2, -0.15) is 0 Å². The number of hydrogen-bond donors (Lipinski definition) is 0. The topological polar surface area (TPSA) is 12.5 Å². The molecule has 2 aliphatic heterocycles. The Bertz CT molecular complexity index is 1260. The fourth-order valence-electron chi connectivity index (χ4n) is 4.96. The first kappa shape index (κ1) is 20.1. The quantitative estimate of drug-likeness (QED) is 0.397. The molecule has 2 aliphatic rings. The van der Waals surface area contributed by atoms with Crippen LogP contribution in [-0.2, 0) is 5.41 Å². The van der Waals surface area contributed by atoms with Gasteiger partial charge in [-0.3, -0.25) is 0 Å². The van der Waals surface area contributed by atoms with Gasteiger partial charge < -0.3 is 9.64 Å². The molecular weight excluding hydrogens is 390 g/mol. The molecule has 0 N–H and O–H groups in total. The Balaban J connectivity index is 1.69. The van der Waals surface area contributed by atoms with Gasteiger partial charge in [0, 0.05) is 28.3 Å². The van der Waals surface area contributed by atoms with Crippen LogP contribution in [0.25, 0.3) is 5.57 Å². The predicted molar refractivity (Wildman–Crippen MR) is 135 cm³/mol. The maximum atomic E-state index is 6.29. The van der Waals surface area contributed by atoms with E-state index in [2.05, 4.69) is 105 Å². The highest BCUT2D eigenvalue weighted by Gasteiger charge is 2.36. The Kier molecular flexibility index (Phi) is 4.67. The van der Waals surface area contributed by atoms with Crippen molar-refractivity contribution in [1.82, 2.24) is 0 Å². The SMILES string of the molecule is C=CCC1=C(C=C)Oc2cc(N3c4ccccc4C(C)(C)c4ccccc43)ccc2C1=C. The van der Waals surface area contributed by atoms with E-state index >= 15 is 0 Å². The first-order valence-electron chi connectivity index (χ1n) is 10.9. The van der Waals surface area contributed by atoms with Crippen LogP contribution in [0.3, 0.4) is 0 Å². The molecule has 0 aliphatic carbocycles. The molecule has 0 saturated carbocycles. The van der Waals surface area contributed by atoms with Gasteiger partial charge in [0.2, 0.25) is 0 Å². The fraction of sp³-hybridized carbons (Fsp3) is 0.133. The summed E-state index contributed by atoms with van der Waals surface area (Å²) in [6.07, 6.45) is 4.33. The molecule has 0 atom stereocenters. The van der Waals surface area contributed by atoms with E-state index in [1.165, 1.54) is 22.5 Å². The molecule has 0 unspecified atom stereocenters. The Morgan fingerprint density at radius 1 is 0.906 bits per heavy atom. The van der Waals surface area contributed by atoms with Crippen LogP contribution in [-0.4, -0.2) is 0 Å². The minimum Gasteiger partial charge on any atom is -0.456 e. The molecule has 0 spiro atoms. The van der Waals surface area contributed by atoms with E-state index in [4.69, 9.17) is 4.74 Å². The molecule has 2 nitrogen and oxygen atoms in total. The maximum absolute atomic E-state index is 6.29. The number of nitrogens with zero attached hydrogens (tertiary/aromatic N) is 1. The van der Waals surface area contributed by atoms with Gasteiger partial charge in [0.15, 0.2) is 0 Å². The van der Waals surface area contributed by atoms with Crippen molar-refractivity contribution < 1.29 is 4.74 Å². The van der Waals surface area contributed by atoms with Gasteiger partial charge in [-0.25, -0.2) is 0 Å².